The minimum Gasteiger partial charge on any atom is -0.376 e. The number of anilines is 1. The van der Waals surface area contributed by atoms with E-state index >= 15 is 0 Å². The molecule has 7 nitrogen and oxygen atoms in total. The molecule has 154 valence electrons. The van der Waals surface area contributed by atoms with E-state index in [2.05, 4.69) is 17.2 Å². The Hall–Kier alpha value is -1.75. The maximum Gasteiger partial charge on any atom is 0.263 e. The van der Waals surface area contributed by atoms with Crippen molar-refractivity contribution in [2.45, 2.75) is 50.9 Å². The van der Waals surface area contributed by atoms with Gasteiger partial charge in [-0.15, -0.1) is 22.7 Å². The third-order valence-corrected chi connectivity index (χ3v) is 7.56. The van der Waals surface area contributed by atoms with E-state index < -0.39 is 0 Å². The summed E-state index contributed by atoms with van der Waals surface area (Å²) in [6, 6.07) is 0. The minimum absolute atomic E-state index is 0.0141. The SMILES string of the molecule is CCc1c(C)sc2nc(SCC(=O)Nc3nccs3)n(CC3CCCO3)c(=O)c12. The van der Waals surface area contributed by atoms with E-state index in [1.54, 1.807) is 22.1 Å². The molecule has 0 aliphatic carbocycles. The maximum absolute atomic E-state index is 13.4. The fourth-order valence-corrected chi connectivity index (χ4v) is 6.00. The Bertz CT molecular complexity index is 1070. The molecule has 0 spiro atoms. The Morgan fingerprint density at radius 1 is 1.48 bits per heavy atom. The summed E-state index contributed by atoms with van der Waals surface area (Å²) in [4.78, 5) is 36.4. The molecule has 0 bridgehead atoms. The molecule has 1 amide bonds. The van der Waals surface area contributed by atoms with E-state index in [9.17, 15) is 9.59 Å². The highest BCUT2D eigenvalue weighted by Gasteiger charge is 2.23. The molecule has 4 rings (SSSR count). The van der Waals surface area contributed by atoms with Gasteiger partial charge in [0.2, 0.25) is 5.91 Å². The van der Waals surface area contributed by atoms with Gasteiger partial charge in [-0.1, -0.05) is 18.7 Å². The number of thiophene rings is 1. The van der Waals surface area contributed by atoms with Gasteiger partial charge in [0, 0.05) is 23.1 Å². The standard InChI is InChI=1S/C19H22N4O3S3/c1-3-13-11(2)29-16-15(13)17(25)23(9-12-5-4-7-26-12)19(22-16)28-10-14(24)21-18-20-6-8-27-18/h6,8,12H,3-5,7,9-10H2,1-2H3,(H,20,21,24). The lowest BCUT2D eigenvalue weighted by molar-refractivity contribution is -0.113. The summed E-state index contributed by atoms with van der Waals surface area (Å²) >= 11 is 4.19. The van der Waals surface area contributed by atoms with Crippen LogP contribution in [0.4, 0.5) is 5.13 Å². The molecule has 10 heteroatoms. The summed E-state index contributed by atoms with van der Waals surface area (Å²) in [7, 11) is 0. The predicted molar refractivity (Wildman–Crippen MR) is 118 cm³/mol. The highest BCUT2D eigenvalue weighted by Crippen LogP contribution is 2.30. The Kier molecular flexibility index (Phi) is 6.33. The van der Waals surface area contributed by atoms with Crippen LogP contribution in [0.1, 0.15) is 30.2 Å². The Morgan fingerprint density at radius 2 is 2.34 bits per heavy atom. The first-order valence-corrected chi connectivity index (χ1v) is 12.2. The smallest absolute Gasteiger partial charge is 0.263 e. The van der Waals surface area contributed by atoms with Crippen molar-refractivity contribution < 1.29 is 9.53 Å². The van der Waals surface area contributed by atoms with Crippen molar-refractivity contribution in [2.24, 2.45) is 0 Å². The fraction of sp³-hybridized carbons (Fsp3) is 0.474. The number of rotatable bonds is 7. The zero-order valence-electron chi connectivity index (χ0n) is 16.3. The number of nitrogens with one attached hydrogen (secondary N) is 1. The van der Waals surface area contributed by atoms with Crippen LogP contribution >= 0.6 is 34.4 Å². The second-order valence-electron chi connectivity index (χ2n) is 6.79. The molecular formula is C19H22N4O3S3. The van der Waals surface area contributed by atoms with Gasteiger partial charge in [0.25, 0.3) is 5.56 Å². The molecule has 1 N–H and O–H groups in total. The third kappa shape index (κ3) is 4.40. The topological polar surface area (TPSA) is 86.1 Å². The van der Waals surface area contributed by atoms with Crippen LogP contribution in [0.3, 0.4) is 0 Å². The van der Waals surface area contributed by atoms with E-state index in [0.29, 0.717) is 22.2 Å². The average Bonchev–Trinajstić information content (AvgIpc) is 3.44. The Labute approximate surface area is 180 Å². The van der Waals surface area contributed by atoms with Gasteiger partial charge in [-0.25, -0.2) is 9.97 Å². The fourth-order valence-electron chi connectivity index (χ4n) is 3.49. The number of aryl methyl sites for hydroxylation is 2. The van der Waals surface area contributed by atoms with Crippen LogP contribution in [0, 0.1) is 6.92 Å². The van der Waals surface area contributed by atoms with Crippen LogP contribution in [0.25, 0.3) is 10.2 Å². The molecule has 0 radical (unpaired) electrons. The predicted octanol–water partition coefficient (Wildman–Crippen LogP) is 3.70. The normalized spacial score (nSPS) is 16.6. The molecule has 29 heavy (non-hydrogen) atoms. The highest BCUT2D eigenvalue weighted by molar-refractivity contribution is 7.99. The van der Waals surface area contributed by atoms with E-state index in [1.165, 1.54) is 23.1 Å². The number of nitrogens with zero attached hydrogens (tertiary/aromatic N) is 3. The summed E-state index contributed by atoms with van der Waals surface area (Å²) in [6.45, 7) is 5.29. The average molecular weight is 451 g/mol. The van der Waals surface area contributed by atoms with Crippen LogP contribution < -0.4 is 10.9 Å². The summed E-state index contributed by atoms with van der Waals surface area (Å²) in [5.74, 6) is -0.00631. The molecule has 0 saturated carbocycles. The van der Waals surface area contributed by atoms with Gasteiger partial charge in [0.15, 0.2) is 10.3 Å². The Balaban J connectivity index is 1.65. The van der Waals surface area contributed by atoms with Crippen molar-refractivity contribution in [3.05, 3.63) is 32.4 Å². The van der Waals surface area contributed by atoms with Gasteiger partial charge >= 0.3 is 0 Å². The molecule has 1 fully saturated rings. The van der Waals surface area contributed by atoms with E-state index in [0.717, 1.165) is 41.1 Å². The van der Waals surface area contributed by atoms with E-state index in [1.807, 2.05) is 12.3 Å². The number of hydrogen-bond acceptors (Lipinski definition) is 8. The Morgan fingerprint density at radius 3 is 3.03 bits per heavy atom. The maximum atomic E-state index is 13.4. The number of carbonyl (C=O) groups excluding carboxylic acids is 1. The van der Waals surface area contributed by atoms with Crippen LogP contribution in [0.2, 0.25) is 0 Å². The van der Waals surface area contributed by atoms with Gasteiger partial charge in [-0.05, 0) is 31.7 Å². The zero-order valence-corrected chi connectivity index (χ0v) is 18.7. The first-order valence-electron chi connectivity index (χ1n) is 9.53. The lowest BCUT2D eigenvalue weighted by Crippen LogP contribution is -2.29. The molecule has 0 aromatic carbocycles. The molecular weight excluding hydrogens is 428 g/mol. The first-order chi connectivity index (χ1) is 14.1. The number of hydrogen-bond donors (Lipinski definition) is 1. The molecule has 1 saturated heterocycles. The summed E-state index contributed by atoms with van der Waals surface area (Å²) < 4.78 is 7.46. The number of aromatic nitrogens is 3. The first kappa shape index (κ1) is 20.5. The molecule has 1 atom stereocenters. The minimum atomic E-state index is -0.167. The zero-order chi connectivity index (χ0) is 20.4. The number of thioether (sulfide) groups is 1. The van der Waals surface area contributed by atoms with E-state index in [4.69, 9.17) is 9.72 Å². The summed E-state index contributed by atoms with van der Waals surface area (Å²) in [5.41, 5.74) is 1.04. The van der Waals surface area contributed by atoms with Crippen molar-refractivity contribution in [3.63, 3.8) is 0 Å². The molecule has 4 heterocycles. The number of amides is 1. The molecule has 3 aromatic heterocycles. The molecule has 1 aliphatic heterocycles. The highest BCUT2D eigenvalue weighted by atomic mass is 32.2. The second-order valence-corrected chi connectivity index (χ2v) is 9.83. The van der Waals surface area contributed by atoms with E-state index in [-0.39, 0.29) is 23.3 Å². The number of thiazole rings is 1. The largest absolute Gasteiger partial charge is 0.376 e. The number of fused-ring (bicyclic) bond motifs is 1. The second kappa shape index (κ2) is 8.95. The van der Waals surface area contributed by atoms with Crippen molar-refractivity contribution >= 4 is 55.7 Å². The lowest BCUT2D eigenvalue weighted by Gasteiger charge is -2.16. The van der Waals surface area contributed by atoms with Gasteiger partial charge in [0.1, 0.15) is 4.83 Å². The van der Waals surface area contributed by atoms with Crippen molar-refractivity contribution in [1.29, 1.82) is 0 Å². The lowest BCUT2D eigenvalue weighted by atomic mass is 10.1. The van der Waals surface area contributed by atoms with Gasteiger partial charge in [0.05, 0.1) is 23.8 Å². The van der Waals surface area contributed by atoms with Gasteiger partial charge in [-0.3, -0.25) is 14.2 Å². The van der Waals surface area contributed by atoms with Crippen molar-refractivity contribution in [1.82, 2.24) is 14.5 Å². The number of ether oxygens (including phenoxy) is 1. The van der Waals surface area contributed by atoms with Crippen LogP contribution in [-0.4, -0.2) is 38.9 Å². The summed E-state index contributed by atoms with van der Waals surface area (Å²) in [5, 5.41) is 6.42. The molecule has 1 aliphatic rings. The molecule has 1 unspecified atom stereocenters. The van der Waals surface area contributed by atoms with Crippen molar-refractivity contribution in [2.75, 3.05) is 17.7 Å². The molecule has 3 aromatic rings. The third-order valence-electron chi connectivity index (χ3n) is 4.85. The number of carbonyl (C=O) groups is 1. The van der Waals surface area contributed by atoms with Gasteiger partial charge in [-0.2, -0.15) is 0 Å². The van der Waals surface area contributed by atoms with Crippen LogP contribution in [-0.2, 0) is 22.5 Å². The van der Waals surface area contributed by atoms with Crippen LogP contribution in [0.15, 0.2) is 21.5 Å². The summed E-state index contributed by atoms with van der Waals surface area (Å²) in [6.07, 6.45) is 4.40. The van der Waals surface area contributed by atoms with Gasteiger partial charge < -0.3 is 10.1 Å². The quantitative estimate of drug-likeness (QED) is 0.436. The van der Waals surface area contributed by atoms with Crippen molar-refractivity contribution in [3.8, 4) is 0 Å². The monoisotopic (exact) mass is 450 g/mol. The van der Waals surface area contributed by atoms with Crippen LogP contribution in [0.5, 0.6) is 0 Å².